The summed E-state index contributed by atoms with van der Waals surface area (Å²) in [6.45, 7) is 0. The van der Waals surface area contributed by atoms with Crippen molar-refractivity contribution in [2.75, 3.05) is 0 Å². The monoisotopic (exact) mass is 318 g/mol. The molecular formula is C21H18O3. The standard InChI is InChI=1S/C21H18O3/c22-17-10-11-21(15-7-2-1-3-8-15)13-20(19(17)24-21)12-14-6-4-5-9-16(14)18(20)23/h1-9,19H,10-13H2/t19-,20-,21+/m0/s1. The maximum atomic E-state index is 13.3. The molecule has 0 saturated carbocycles. The lowest BCUT2D eigenvalue weighted by Crippen LogP contribution is -2.43. The Bertz CT molecular complexity index is 856. The fourth-order valence-electron chi connectivity index (χ4n) is 4.95. The number of ether oxygens (including phenoxy) is 1. The number of hydrogen-bond donors (Lipinski definition) is 0. The zero-order valence-corrected chi connectivity index (χ0v) is 13.3. The first-order chi connectivity index (χ1) is 11.6. The number of fused-ring (bicyclic) bond motifs is 4. The predicted octanol–water partition coefficient (Wildman–Crippen LogP) is 3.46. The molecule has 120 valence electrons. The predicted molar refractivity (Wildman–Crippen MR) is 88.8 cm³/mol. The molecular weight excluding hydrogens is 300 g/mol. The summed E-state index contributed by atoms with van der Waals surface area (Å²) in [6.07, 6.45) is 1.77. The van der Waals surface area contributed by atoms with E-state index in [0.29, 0.717) is 25.7 Å². The van der Waals surface area contributed by atoms with E-state index in [2.05, 4.69) is 12.1 Å². The van der Waals surface area contributed by atoms with Crippen LogP contribution in [0.25, 0.3) is 0 Å². The summed E-state index contributed by atoms with van der Waals surface area (Å²) in [5.74, 6) is 0.177. The number of rotatable bonds is 1. The highest BCUT2D eigenvalue weighted by atomic mass is 16.5. The molecule has 2 aliphatic heterocycles. The maximum absolute atomic E-state index is 13.3. The van der Waals surface area contributed by atoms with Crippen LogP contribution in [0, 0.1) is 5.41 Å². The Hall–Kier alpha value is -2.26. The van der Waals surface area contributed by atoms with Crippen LogP contribution in [-0.2, 0) is 21.6 Å². The molecule has 0 aromatic heterocycles. The summed E-state index contributed by atoms with van der Waals surface area (Å²) >= 11 is 0. The Morgan fingerprint density at radius 2 is 1.71 bits per heavy atom. The first kappa shape index (κ1) is 14.1. The number of ketones is 2. The van der Waals surface area contributed by atoms with Gasteiger partial charge in [-0.15, -0.1) is 0 Å². The molecule has 1 aliphatic carbocycles. The SMILES string of the molecule is O=C1CC[C@]2(c3ccccc3)C[C@]3(Cc4ccccc4C3=O)[C@H]1O2. The van der Waals surface area contributed by atoms with Crippen molar-refractivity contribution in [2.45, 2.75) is 37.4 Å². The summed E-state index contributed by atoms with van der Waals surface area (Å²) < 4.78 is 6.35. The average molecular weight is 318 g/mol. The minimum atomic E-state index is -0.715. The highest BCUT2D eigenvalue weighted by Crippen LogP contribution is 2.59. The van der Waals surface area contributed by atoms with Crippen LogP contribution in [0.1, 0.15) is 40.7 Å². The van der Waals surface area contributed by atoms with Crippen LogP contribution in [-0.4, -0.2) is 17.7 Å². The number of benzene rings is 2. The lowest BCUT2D eigenvalue weighted by atomic mass is 9.73. The summed E-state index contributed by atoms with van der Waals surface area (Å²) in [7, 11) is 0. The molecule has 2 saturated heterocycles. The van der Waals surface area contributed by atoms with Crippen LogP contribution in [0.15, 0.2) is 54.6 Å². The molecule has 1 spiro atoms. The van der Waals surface area contributed by atoms with Gasteiger partial charge in [-0.3, -0.25) is 9.59 Å². The van der Waals surface area contributed by atoms with Gasteiger partial charge >= 0.3 is 0 Å². The molecule has 0 amide bonds. The molecule has 2 heterocycles. The van der Waals surface area contributed by atoms with Gasteiger partial charge in [0.25, 0.3) is 0 Å². The molecule has 5 rings (SSSR count). The summed E-state index contributed by atoms with van der Waals surface area (Å²) in [4.78, 5) is 25.9. The van der Waals surface area contributed by atoms with Gasteiger partial charge in [-0.25, -0.2) is 0 Å². The molecule has 0 unspecified atom stereocenters. The fourth-order valence-corrected chi connectivity index (χ4v) is 4.95. The lowest BCUT2D eigenvalue weighted by Gasteiger charge is -2.33. The molecule has 3 heteroatoms. The first-order valence-corrected chi connectivity index (χ1v) is 8.53. The van der Waals surface area contributed by atoms with Gasteiger partial charge in [-0.2, -0.15) is 0 Å². The van der Waals surface area contributed by atoms with Gasteiger partial charge < -0.3 is 4.74 Å². The van der Waals surface area contributed by atoms with Crippen molar-refractivity contribution in [1.82, 2.24) is 0 Å². The van der Waals surface area contributed by atoms with Crippen molar-refractivity contribution in [1.29, 1.82) is 0 Å². The third kappa shape index (κ3) is 1.65. The topological polar surface area (TPSA) is 43.4 Å². The Balaban J connectivity index is 1.65. The second-order valence-corrected chi connectivity index (χ2v) is 7.32. The highest BCUT2D eigenvalue weighted by molar-refractivity contribution is 6.09. The maximum Gasteiger partial charge on any atom is 0.172 e. The van der Waals surface area contributed by atoms with Gasteiger partial charge in [-0.05, 0) is 30.4 Å². The molecule has 3 atom stereocenters. The van der Waals surface area contributed by atoms with Crippen molar-refractivity contribution in [3.8, 4) is 0 Å². The second kappa shape index (κ2) is 4.64. The van der Waals surface area contributed by atoms with Gasteiger partial charge in [0.05, 0.1) is 11.0 Å². The largest absolute Gasteiger partial charge is 0.358 e. The Morgan fingerprint density at radius 1 is 0.958 bits per heavy atom. The van der Waals surface area contributed by atoms with E-state index in [4.69, 9.17) is 4.74 Å². The minimum absolute atomic E-state index is 0.0835. The second-order valence-electron chi connectivity index (χ2n) is 7.32. The van der Waals surface area contributed by atoms with Crippen LogP contribution < -0.4 is 0 Å². The molecule has 0 radical (unpaired) electrons. The molecule has 2 fully saturated rings. The van der Waals surface area contributed by atoms with E-state index in [0.717, 1.165) is 16.7 Å². The number of hydrogen-bond acceptors (Lipinski definition) is 3. The normalized spacial score (nSPS) is 33.9. The number of carbonyl (C=O) groups excluding carboxylic acids is 2. The molecule has 2 bridgehead atoms. The van der Waals surface area contributed by atoms with Crippen LogP contribution >= 0.6 is 0 Å². The van der Waals surface area contributed by atoms with Crippen molar-refractivity contribution in [3.63, 3.8) is 0 Å². The van der Waals surface area contributed by atoms with E-state index in [-0.39, 0.29) is 11.6 Å². The fraction of sp³-hybridized carbons (Fsp3) is 0.333. The number of carbonyl (C=O) groups is 2. The average Bonchev–Trinajstić information content (AvgIpc) is 3.07. The van der Waals surface area contributed by atoms with Gasteiger partial charge in [0.2, 0.25) is 0 Å². The van der Waals surface area contributed by atoms with Gasteiger partial charge in [0.15, 0.2) is 11.6 Å². The molecule has 3 aliphatic rings. The minimum Gasteiger partial charge on any atom is -0.358 e. The molecule has 2 aromatic rings. The van der Waals surface area contributed by atoms with E-state index < -0.39 is 17.1 Å². The lowest BCUT2D eigenvalue weighted by molar-refractivity contribution is -0.150. The Labute approximate surface area is 140 Å². The summed E-state index contributed by atoms with van der Waals surface area (Å²) in [5.41, 5.74) is 1.69. The van der Waals surface area contributed by atoms with E-state index >= 15 is 0 Å². The summed E-state index contributed by atoms with van der Waals surface area (Å²) in [6, 6.07) is 17.8. The zero-order valence-electron chi connectivity index (χ0n) is 13.3. The third-order valence-corrected chi connectivity index (χ3v) is 6.03. The quantitative estimate of drug-likeness (QED) is 0.809. The van der Waals surface area contributed by atoms with Gasteiger partial charge in [0.1, 0.15) is 6.10 Å². The third-order valence-electron chi connectivity index (χ3n) is 6.03. The first-order valence-electron chi connectivity index (χ1n) is 8.53. The van der Waals surface area contributed by atoms with Crippen molar-refractivity contribution in [3.05, 3.63) is 71.3 Å². The van der Waals surface area contributed by atoms with E-state index in [1.165, 1.54) is 0 Å². The van der Waals surface area contributed by atoms with Crippen LogP contribution in [0.2, 0.25) is 0 Å². The van der Waals surface area contributed by atoms with Crippen molar-refractivity contribution >= 4 is 11.6 Å². The zero-order chi connectivity index (χ0) is 16.4. The van der Waals surface area contributed by atoms with E-state index in [1.54, 1.807) is 0 Å². The smallest absolute Gasteiger partial charge is 0.172 e. The van der Waals surface area contributed by atoms with Crippen LogP contribution in [0.4, 0.5) is 0 Å². The Kier molecular flexibility index (Phi) is 2.73. The van der Waals surface area contributed by atoms with E-state index in [1.807, 2.05) is 42.5 Å². The van der Waals surface area contributed by atoms with Gasteiger partial charge in [0, 0.05) is 12.0 Å². The highest BCUT2D eigenvalue weighted by Gasteiger charge is 2.66. The summed E-state index contributed by atoms with van der Waals surface area (Å²) in [5, 5.41) is 0. The Morgan fingerprint density at radius 3 is 2.50 bits per heavy atom. The van der Waals surface area contributed by atoms with Crippen LogP contribution in [0.3, 0.4) is 0 Å². The molecule has 24 heavy (non-hydrogen) atoms. The molecule has 2 aromatic carbocycles. The number of Topliss-reactive ketones (excluding diaryl/α,β-unsaturated/α-hetero) is 2. The molecule has 3 nitrogen and oxygen atoms in total. The molecule has 0 N–H and O–H groups in total. The van der Waals surface area contributed by atoms with Crippen molar-refractivity contribution < 1.29 is 14.3 Å². The van der Waals surface area contributed by atoms with Gasteiger partial charge in [-0.1, -0.05) is 54.6 Å². The van der Waals surface area contributed by atoms with Crippen LogP contribution in [0.5, 0.6) is 0 Å². The van der Waals surface area contributed by atoms with Crippen molar-refractivity contribution in [2.24, 2.45) is 5.41 Å². The van der Waals surface area contributed by atoms with E-state index in [9.17, 15) is 9.59 Å².